The molecule has 4 nitrogen and oxygen atoms in total. The van der Waals surface area contributed by atoms with Crippen molar-refractivity contribution >= 4 is 5.69 Å². The molecule has 0 spiro atoms. The van der Waals surface area contributed by atoms with Gasteiger partial charge in [0.15, 0.2) is 0 Å². The van der Waals surface area contributed by atoms with Crippen molar-refractivity contribution in [2.24, 2.45) is 0 Å². The molecule has 0 aliphatic carbocycles. The number of nitrogens with zero attached hydrogens (tertiary/aromatic N) is 1. The molecule has 0 aliphatic heterocycles. The highest BCUT2D eigenvalue weighted by molar-refractivity contribution is 5.49. The first-order valence-electron chi connectivity index (χ1n) is 6.27. The number of hydrogen-bond acceptors (Lipinski definition) is 4. The van der Waals surface area contributed by atoms with Gasteiger partial charge < -0.3 is 15.2 Å². The summed E-state index contributed by atoms with van der Waals surface area (Å²) < 4.78 is 10.6. The van der Waals surface area contributed by atoms with E-state index in [0.717, 1.165) is 12.8 Å². The molecule has 0 amide bonds. The van der Waals surface area contributed by atoms with Crippen LogP contribution in [0.4, 0.5) is 5.69 Å². The van der Waals surface area contributed by atoms with Crippen molar-refractivity contribution in [1.82, 2.24) is 4.98 Å². The van der Waals surface area contributed by atoms with Crippen molar-refractivity contribution in [3.63, 3.8) is 0 Å². The van der Waals surface area contributed by atoms with E-state index in [1.807, 2.05) is 18.2 Å². The lowest BCUT2D eigenvalue weighted by Gasteiger charge is -2.08. The van der Waals surface area contributed by atoms with Crippen LogP contribution in [0.1, 0.15) is 12.0 Å². The molecule has 0 saturated heterocycles. The second kappa shape index (κ2) is 6.64. The standard InChI is InChI=1S/C15H18N2O2/c1-18-15-13(16)9-10-14(17-15)19-11-5-8-12-6-3-2-4-7-12/h2-4,6-7,9-10H,5,8,11,16H2,1H3. The number of hydrogen-bond donors (Lipinski definition) is 1. The first-order chi connectivity index (χ1) is 9.29. The predicted octanol–water partition coefficient (Wildman–Crippen LogP) is 2.68. The van der Waals surface area contributed by atoms with Gasteiger partial charge in [-0.25, -0.2) is 0 Å². The van der Waals surface area contributed by atoms with E-state index in [9.17, 15) is 0 Å². The van der Waals surface area contributed by atoms with Gasteiger partial charge in [0.25, 0.3) is 0 Å². The second-order valence-corrected chi connectivity index (χ2v) is 4.19. The summed E-state index contributed by atoms with van der Waals surface area (Å²) in [5, 5.41) is 0. The van der Waals surface area contributed by atoms with Crippen molar-refractivity contribution in [3.8, 4) is 11.8 Å². The summed E-state index contributed by atoms with van der Waals surface area (Å²) in [7, 11) is 1.54. The van der Waals surface area contributed by atoms with Crippen LogP contribution < -0.4 is 15.2 Å². The summed E-state index contributed by atoms with van der Waals surface area (Å²) in [5.41, 5.74) is 7.51. The summed E-state index contributed by atoms with van der Waals surface area (Å²) in [4.78, 5) is 4.17. The van der Waals surface area contributed by atoms with Gasteiger partial charge in [-0.1, -0.05) is 30.3 Å². The Labute approximate surface area is 113 Å². The van der Waals surface area contributed by atoms with E-state index in [-0.39, 0.29) is 0 Å². The summed E-state index contributed by atoms with van der Waals surface area (Å²) in [5.74, 6) is 0.944. The van der Waals surface area contributed by atoms with Crippen molar-refractivity contribution in [1.29, 1.82) is 0 Å². The van der Waals surface area contributed by atoms with Gasteiger partial charge in [-0.3, -0.25) is 0 Å². The number of benzene rings is 1. The molecule has 2 rings (SSSR count). The minimum Gasteiger partial charge on any atom is -0.479 e. The van der Waals surface area contributed by atoms with Crippen LogP contribution >= 0.6 is 0 Å². The van der Waals surface area contributed by atoms with Crippen LogP contribution in [0.5, 0.6) is 11.8 Å². The zero-order valence-corrected chi connectivity index (χ0v) is 11.0. The number of aryl methyl sites for hydroxylation is 1. The first kappa shape index (κ1) is 13.2. The van der Waals surface area contributed by atoms with Crippen LogP contribution in [0.15, 0.2) is 42.5 Å². The fraction of sp³-hybridized carbons (Fsp3) is 0.267. The van der Waals surface area contributed by atoms with Gasteiger partial charge in [-0.2, -0.15) is 4.98 Å². The number of pyridine rings is 1. The topological polar surface area (TPSA) is 57.4 Å². The van der Waals surface area contributed by atoms with Gasteiger partial charge in [0.2, 0.25) is 11.8 Å². The Balaban J connectivity index is 1.80. The van der Waals surface area contributed by atoms with Crippen LogP contribution in [0.3, 0.4) is 0 Å². The number of rotatable bonds is 6. The van der Waals surface area contributed by atoms with Crippen molar-refractivity contribution in [2.75, 3.05) is 19.5 Å². The summed E-state index contributed by atoms with van der Waals surface area (Å²) in [6.07, 6.45) is 1.94. The average molecular weight is 258 g/mol. The third kappa shape index (κ3) is 3.88. The normalized spacial score (nSPS) is 10.2. The van der Waals surface area contributed by atoms with Crippen molar-refractivity contribution < 1.29 is 9.47 Å². The lowest BCUT2D eigenvalue weighted by atomic mass is 10.1. The quantitative estimate of drug-likeness (QED) is 0.809. The summed E-state index contributed by atoms with van der Waals surface area (Å²) in [6.45, 7) is 0.620. The molecule has 0 atom stereocenters. The molecule has 2 N–H and O–H groups in total. The Hall–Kier alpha value is -2.23. The smallest absolute Gasteiger partial charge is 0.240 e. The zero-order valence-electron chi connectivity index (χ0n) is 11.0. The highest BCUT2D eigenvalue weighted by atomic mass is 16.5. The fourth-order valence-electron chi connectivity index (χ4n) is 1.78. The van der Waals surface area contributed by atoms with Gasteiger partial charge in [-0.15, -0.1) is 0 Å². The largest absolute Gasteiger partial charge is 0.479 e. The maximum atomic E-state index is 5.69. The van der Waals surface area contributed by atoms with Crippen molar-refractivity contribution in [2.45, 2.75) is 12.8 Å². The molecule has 0 aliphatic rings. The molecular weight excluding hydrogens is 240 g/mol. The van der Waals surface area contributed by atoms with Gasteiger partial charge in [0.05, 0.1) is 19.4 Å². The van der Waals surface area contributed by atoms with Crippen LogP contribution in [0, 0.1) is 0 Å². The molecule has 0 unspecified atom stereocenters. The lowest BCUT2D eigenvalue weighted by Crippen LogP contribution is -2.02. The molecule has 0 saturated carbocycles. The first-order valence-corrected chi connectivity index (χ1v) is 6.27. The highest BCUT2D eigenvalue weighted by Crippen LogP contribution is 2.21. The Bertz CT molecular complexity index is 515. The molecule has 2 aromatic rings. The Kier molecular flexibility index (Phi) is 4.61. The molecule has 0 fully saturated rings. The SMILES string of the molecule is COc1nc(OCCCc2ccccc2)ccc1N. The highest BCUT2D eigenvalue weighted by Gasteiger charge is 2.03. The van der Waals surface area contributed by atoms with E-state index in [1.165, 1.54) is 12.7 Å². The predicted molar refractivity (Wildman–Crippen MR) is 75.5 cm³/mol. The lowest BCUT2D eigenvalue weighted by molar-refractivity contribution is 0.292. The van der Waals surface area contributed by atoms with Crippen LogP contribution in [-0.4, -0.2) is 18.7 Å². The van der Waals surface area contributed by atoms with E-state index in [2.05, 4.69) is 17.1 Å². The monoisotopic (exact) mass is 258 g/mol. The van der Waals surface area contributed by atoms with Crippen LogP contribution in [0.2, 0.25) is 0 Å². The molecule has 0 radical (unpaired) electrons. The number of nitrogen functional groups attached to an aromatic ring is 1. The van der Waals surface area contributed by atoms with Crippen LogP contribution in [-0.2, 0) is 6.42 Å². The maximum Gasteiger partial charge on any atom is 0.240 e. The molecule has 1 heterocycles. The van der Waals surface area contributed by atoms with Gasteiger partial charge in [0, 0.05) is 6.07 Å². The number of methoxy groups -OCH3 is 1. The van der Waals surface area contributed by atoms with E-state index >= 15 is 0 Å². The van der Waals surface area contributed by atoms with Gasteiger partial charge >= 0.3 is 0 Å². The Morgan fingerprint density at radius 3 is 2.63 bits per heavy atom. The molecule has 0 bridgehead atoms. The number of aromatic nitrogens is 1. The van der Waals surface area contributed by atoms with E-state index in [1.54, 1.807) is 12.1 Å². The fourth-order valence-corrected chi connectivity index (χ4v) is 1.78. The molecule has 1 aromatic carbocycles. The van der Waals surface area contributed by atoms with Gasteiger partial charge in [0.1, 0.15) is 0 Å². The van der Waals surface area contributed by atoms with E-state index < -0.39 is 0 Å². The Morgan fingerprint density at radius 2 is 1.89 bits per heavy atom. The second-order valence-electron chi connectivity index (χ2n) is 4.19. The molecule has 100 valence electrons. The number of ether oxygens (including phenoxy) is 2. The number of nitrogens with two attached hydrogens (primary N) is 1. The summed E-state index contributed by atoms with van der Waals surface area (Å²) >= 11 is 0. The third-order valence-corrected chi connectivity index (χ3v) is 2.76. The van der Waals surface area contributed by atoms with Crippen LogP contribution in [0.25, 0.3) is 0 Å². The molecule has 4 heteroatoms. The molecule has 19 heavy (non-hydrogen) atoms. The van der Waals surface area contributed by atoms with E-state index in [0.29, 0.717) is 24.1 Å². The maximum absolute atomic E-state index is 5.69. The average Bonchev–Trinajstić information content (AvgIpc) is 2.46. The Morgan fingerprint density at radius 1 is 1.11 bits per heavy atom. The molecular formula is C15H18N2O2. The van der Waals surface area contributed by atoms with E-state index in [4.69, 9.17) is 15.2 Å². The minimum absolute atomic E-state index is 0.403. The van der Waals surface area contributed by atoms with Crippen molar-refractivity contribution in [3.05, 3.63) is 48.0 Å². The van der Waals surface area contributed by atoms with Gasteiger partial charge in [-0.05, 0) is 24.5 Å². The number of anilines is 1. The third-order valence-electron chi connectivity index (χ3n) is 2.76. The minimum atomic E-state index is 0.403. The zero-order chi connectivity index (χ0) is 13.5. The summed E-state index contributed by atoms with van der Waals surface area (Å²) in [6, 6.07) is 13.8. The molecule has 1 aromatic heterocycles.